The molecule has 0 fully saturated rings. The molecule has 4 nitrogen and oxygen atoms in total. The third kappa shape index (κ3) is 4.54. The molecule has 0 saturated carbocycles. The summed E-state index contributed by atoms with van der Waals surface area (Å²) in [4.78, 5) is 12.9. The lowest BCUT2D eigenvalue weighted by Crippen LogP contribution is -2.35. The highest BCUT2D eigenvalue weighted by molar-refractivity contribution is 5.76. The molecule has 0 aliphatic heterocycles. The van der Waals surface area contributed by atoms with E-state index in [1.54, 1.807) is 21.0 Å². The van der Waals surface area contributed by atoms with Crippen LogP contribution in [0, 0.1) is 11.6 Å². The number of rotatable bonds is 6. The number of benzene rings is 1. The molecule has 0 bridgehead atoms. The van der Waals surface area contributed by atoms with Gasteiger partial charge in [0.25, 0.3) is 0 Å². The Labute approximate surface area is 117 Å². The maximum Gasteiger partial charge on any atom is 0.223 e. The van der Waals surface area contributed by atoms with Crippen molar-refractivity contribution in [3.8, 4) is 0 Å². The van der Waals surface area contributed by atoms with Crippen LogP contribution < -0.4 is 5.32 Å². The molecule has 0 heterocycles. The lowest BCUT2D eigenvalue weighted by molar-refractivity contribution is -0.129. The van der Waals surface area contributed by atoms with Crippen LogP contribution in [0.25, 0.3) is 0 Å². The number of nitrogens with one attached hydrogen (secondary N) is 1. The quantitative estimate of drug-likeness (QED) is 0.832. The van der Waals surface area contributed by atoms with Gasteiger partial charge >= 0.3 is 0 Å². The molecule has 0 aromatic heterocycles. The molecule has 0 aliphatic rings. The molecule has 6 heteroatoms. The second kappa shape index (κ2) is 7.31. The summed E-state index contributed by atoms with van der Waals surface area (Å²) in [6, 6.07) is 3.24. The number of aliphatic hydroxyl groups excluding tert-OH is 1. The largest absolute Gasteiger partial charge is 0.387 e. The van der Waals surface area contributed by atoms with Gasteiger partial charge in [-0.15, -0.1) is 0 Å². The zero-order chi connectivity index (χ0) is 15.3. The molecule has 0 spiro atoms. The smallest absolute Gasteiger partial charge is 0.223 e. The van der Waals surface area contributed by atoms with E-state index >= 15 is 0 Å². The predicted molar refractivity (Wildman–Crippen MR) is 72.1 cm³/mol. The van der Waals surface area contributed by atoms with E-state index in [0.29, 0.717) is 0 Å². The minimum atomic E-state index is -1.30. The van der Waals surface area contributed by atoms with Crippen LogP contribution in [0.4, 0.5) is 8.78 Å². The van der Waals surface area contributed by atoms with Crippen molar-refractivity contribution in [2.75, 3.05) is 20.6 Å². The molecule has 0 radical (unpaired) electrons. The Kier molecular flexibility index (Phi) is 6.04. The average Bonchev–Trinajstić information content (AvgIpc) is 2.36. The van der Waals surface area contributed by atoms with Crippen LogP contribution in [0.15, 0.2) is 18.2 Å². The first-order valence-corrected chi connectivity index (χ1v) is 6.38. The van der Waals surface area contributed by atoms with Crippen molar-refractivity contribution in [3.63, 3.8) is 0 Å². The van der Waals surface area contributed by atoms with E-state index < -0.39 is 17.7 Å². The highest BCUT2D eigenvalue weighted by Crippen LogP contribution is 2.20. The molecular weight excluding hydrogens is 266 g/mol. The molecule has 0 aliphatic carbocycles. The first kappa shape index (κ1) is 16.5. The molecule has 1 aromatic rings. The van der Waals surface area contributed by atoms with Gasteiger partial charge < -0.3 is 15.3 Å². The average molecular weight is 286 g/mol. The zero-order valence-corrected chi connectivity index (χ0v) is 11.9. The minimum absolute atomic E-state index is 0.0280. The van der Waals surface area contributed by atoms with Gasteiger partial charge in [0, 0.05) is 33.1 Å². The molecule has 1 aromatic carbocycles. The Bertz CT molecular complexity index is 446. The molecular formula is C14H20F2N2O2. The van der Waals surface area contributed by atoms with E-state index in [1.807, 2.05) is 0 Å². The van der Waals surface area contributed by atoms with E-state index in [0.717, 1.165) is 12.1 Å². The van der Waals surface area contributed by atoms with Crippen molar-refractivity contribution >= 4 is 5.91 Å². The zero-order valence-electron chi connectivity index (χ0n) is 11.9. The summed E-state index contributed by atoms with van der Waals surface area (Å²) in [5.74, 6) is -1.62. The fourth-order valence-electron chi connectivity index (χ4n) is 1.76. The van der Waals surface area contributed by atoms with Crippen molar-refractivity contribution in [3.05, 3.63) is 35.4 Å². The normalized spacial score (nSPS) is 13.9. The van der Waals surface area contributed by atoms with Gasteiger partial charge in [-0.3, -0.25) is 4.79 Å². The minimum Gasteiger partial charge on any atom is -0.387 e. The van der Waals surface area contributed by atoms with E-state index in [4.69, 9.17) is 0 Å². The molecule has 20 heavy (non-hydrogen) atoms. The summed E-state index contributed by atoms with van der Waals surface area (Å²) in [6.07, 6.45) is -1.05. The van der Waals surface area contributed by atoms with Crippen molar-refractivity contribution in [1.82, 2.24) is 10.2 Å². The van der Waals surface area contributed by atoms with Gasteiger partial charge in [0.1, 0.15) is 11.6 Å². The van der Waals surface area contributed by atoms with E-state index in [2.05, 4.69) is 5.32 Å². The molecule has 0 saturated heterocycles. The summed E-state index contributed by atoms with van der Waals surface area (Å²) in [5, 5.41) is 12.7. The Morgan fingerprint density at radius 2 is 1.90 bits per heavy atom. The lowest BCUT2D eigenvalue weighted by Gasteiger charge is -2.19. The van der Waals surface area contributed by atoms with Crippen LogP contribution in [0.3, 0.4) is 0 Å². The summed E-state index contributed by atoms with van der Waals surface area (Å²) in [7, 11) is 3.30. The summed E-state index contributed by atoms with van der Waals surface area (Å²) < 4.78 is 26.9. The predicted octanol–water partition coefficient (Wildman–Crippen LogP) is 1.45. The molecule has 2 atom stereocenters. The van der Waals surface area contributed by atoms with Gasteiger partial charge in [-0.25, -0.2) is 8.78 Å². The Hall–Kier alpha value is -1.53. The molecule has 2 N–H and O–H groups in total. The van der Waals surface area contributed by atoms with Crippen molar-refractivity contribution in [2.45, 2.75) is 25.5 Å². The SMILES string of the molecule is C[C@H](CC(=O)N(C)C)NC[C@@H](O)c1c(F)cccc1F. The van der Waals surface area contributed by atoms with Crippen LogP contribution in [0.5, 0.6) is 0 Å². The molecule has 0 unspecified atom stereocenters. The van der Waals surface area contributed by atoms with Crippen molar-refractivity contribution in [1.29, 1.82) is 0 Å². The first-order valence-electron chi connectivity index (χ1n) is 6.38. The lowest BCUT2D eigenvalue weighted by atomic mass is 10.1. The summed E-state index contributed by atoms with van der Waals surface area (Å²) in [6.45, 7) is 1.74. The van der Waals surface area contributed by atoms with Gasteiger partial charge in [0.15, 0.2) is 0 Å². The highest BCUT2D eigenvalue weighted by atomic mass is 19.1. The van der Waals surface area contributed by atoms with Crippen LogP contribution in [-0.4, -0.2) is 42.6 Å². The van der Waals surface area contributed by atoms with Crippen LogP contribution in [0.2, 0.25) is 0 Å². The maximum absolute atomic E-state index is 13.5. The number of carbonyl (C=O) groups is 1. The van der Waals surface area contributed by atoms with Crippen LogP contribution >= 0.6 is 0 Å². The van der Waals surface area contributed by atoms with E-state index in [1.165, 1.54) is 11.0 Å². The second-order valence-corrected chi connectivity index (χ2v) is 4.95. The monoisotopic (exact) mass is 286 g/mol. The first-order chi connectivity index (χ1) is 9.32. The topological polar surface area (TPSA) is 52.6 Å². The van der Waals surface area contributed by atoms with Crippen molar-refractivity contribution in [2.24, 2.45) is 0 Å². The third-order valence-electron chi connectivity index (χ3n) is 2.97. The van der Waals surface area contributed by atoms with Crippen molar-refractivity contribution < 1.29 is 18.7 Å². The van der Waals surface area contributed by atoms with Gasteiger partial charge in [0.2, 0.25) is 5.91 Å². The molecule has 1 amide bonds. The molecule has 112 valence electrons. The standard InChI is InChI=1S/C14H20F2N2O2/c1-9(7-13(20)18(2)3)17-8-12(19)14-10(15)5-4-6-11(14)16/h4-6,9,12,17,19H,7-8H2,1-3H3/t9-,12-/m1/s1. The molecule has 1 rings (SSSR count). The fourth-order valence-corrected chi connectivity index (χ4v) is 1.76. The van der Waals surface area contributed by atoms with Gasteiger partial charge in [-0.1, -0.05) is 6.07 Å². The number of carbonyl (C=O) groups excluding carboxylic acids is 1. The Balaban J connectivity index is 2.55. The third-order valence-corrected chi connectivity index (χ3v) is 2.97. The number of aliphatic hydroxyl groups is 1. The second-order valence-electron chi connectivity index (χ2n) is 4.95. The van der Waals surface area contributed by atoms with Crippen LogP contribution in [-0.2, 0) is 4.79 Å². The fraction of sp³-hybridized carbons (Fsp3) is 0.500. The van der Waals surface area contributed by atoms with Gasteiger partial charge in [-0.2, -0.15) is 0 Å². The highest BCUT2D eigenvalue weighted by Gasteiger charge is 2.19. The van der Waals surface area contributed by atoms with E-state index in [9.17, 15) is 18.7 Å². The van der Waals surface area contributed by atoms with Gasteiger partial charge in [0.05, 0.1) is 11.7 Å². The number of hydrogen-bond donors (Lipinski definition) is 2. The van der Waals surface area contributed by atoms with E-state index in [-0.39, 0.29) is 30.5 Å². The Morgan fingerprint density at radius 3 is 2.40 bits per heavy atom. The number of amides is 1. The number of nitrogens with zero attached hydrogens (tertiary/aromatic N) is 1. The Morgan fingerprint density at radius 1 is 1.35 bits per heavy atom. The summed E-state index contributed by atoms with van der Waals surface area (Å²) in [5.41, 5.74) is -0.355. The number of halogens is 2. The van der Waals surface area contributed by atoms with Gasteiger partial charge in [-0.05, 0) is 19.1 Å². The maximum atomic E-state index is 13.5. The summed E-state index contributed by atoms with van der Waals surface area (Å²) >= 11 is 0. The number of hydrogen-bond acceptors (Lipinski definition) is 3. The van der Waals surface area contributed by atoms with Crippen LogP contribution in [0.1, 0.15) is 25.0 Å².